The molecule has 1 rings (SSSR count). The van der Waals surface area contributed by atoms with E-state index in [1.165, 1.54) is 7.05 Å². The number of carboxylic acids is 1. The Bertz CT molecular complexity index is 577. The number of nitrogens with zero attached hydrogens (tertiary/aromatic N) is 1. The number of hydrogen-bond donors (Lipinski definition) is 2. The molecule has 0 radical (unpaired) electrons. The second kappa shape index (κ2) is 5.85. The van der Waals surface area contributed by atoms with Crippen LogP contribution in [0.25, 0.3) is 0 Å². The molecular weight excluding hydrogens is 276 g/mol. The Morgan fingerprint density at radius 1 is 1.42 bits per heavy atom. The van der Waals surface area contributed by atoms with Gasteiger partial charge in [0, 0.05) is 13.6 Å². The molecule has 0 bridgehead atoms. The smallest absolute Gasteiger partial charge is 0.371 e. The molecule has 0 aromatic carbocycles. The molecule has 0 aliphatic heterocycles. The molecule has 1 aromatic heterocycles. The van der Waals surface area contributed by atoms with Gasteiger partial charge in [0.25, 0.3) is 10.0 Å². The second-order valence-corrected chi connectivity index (χ2v) is 5.61. The van der Waals surface area contributed by atoms with E-state index in [0.29, 0.717) is 6.54 Å². The fourth-order valence-corrected chi connectivity index (χ4v) is 2.30. The molecule has 19 heavy (non-hydrogen) atoms. The van der Waals surface area contributed by atoms with E-state index in [-0.39, 0.29) is 6.54 Å². The van der Waals surface area contributed by atoms with Gasteiger partial charge in [-0.25, -0.2) is 13.2 Å². The molecule has 2 N–H and O–H groups in total. The van der Waals surface area contributed by atoms with Crippen molar-refractivity contribution >= 4 is 21.9 Å². The minimum Gasteiger partial charge on any atom is -0.475 e. The average Bonchev–Trinajstić information content (AvgIpc) is 2.78. The van der Waals surface area contributed by atoms with Crippen molar-refractivity contribution in [3.8, 4) is 0 Å². The average molecular weight is 290 g/mol. The first-order chi connectivity index (χ1) is 8.78. The van der Waals surface area contributed by atoms with Crippen LogP contribution in [0.15, 0.2) is 21.6 Å². The summed E-state index contributed by atoms with van der Waals surface area (Å²) in [6.07, 6.45) is 0. The third-order valence-corrected chi connectivity index (χ3v) is 3.87. The highest BCUT2D eigenvalue weighted by molar-refractivity contribution is 7.89. The van der Waals surface area contributed by atoms with Crippen molar-refractivity contribution in [3.05, 3.63) is 17.9 Å². The maximum absolute atomic E-state index is 12.0. The Labute approximate surface area is 110 Å². The summed E-state index contributed by atoms with van der Waals surface area (Å²) in [5, 5.41) is 10.6. The largest absolute Gasteiger partial charge is 0.475 e. The van der Waals surface area contributed by atoms with Gasteiger partial charge in [0.15, 0.2) is 0 Å². The van der Waals surface area contributed by atoms with E-state index in [4.69, 9.17) is 9.52 Å². The van der Waals surface area contributed by atoms with Crippen molar-refractivity contribution in [2.24, 2.45) is 0 Å². The molecule has 106 valence electrons. The number of aromatic carboxylic acids is 1. The number of carboxylic acid groups (broad SMARTS) is 1. The maximum atomic E-state index is 12.0. The Morgan fingerprint density at radius 2 is 2.05 bits per heavy atom. The number of carbonyl (C=O) groups excluding carboxylic acids is 1. The quantitative estimate of drug-likeness (QED) is 0.745. The standard InChI is InChI=1S/C10H14N2O6S/c1-3-11-8(13)6-12(2)19(16,17)9-5-4-7(18-9)10(14)15/h4-5H,3,6H2,1-2H3,(H,11,13)(H,14,15). The van der Waals surface area contributed by atoms with Crippen molar-refractivity contribution < 1.29 is 27.5 Å². The van der Waals surface area contributed by atoms with E-state index < -0.39 is 32.8 Å². The summed E-state index contributed by atoms with van der Waals surface area (Å²) in [4.78, 5) is 21.9. The van der Waals surface area contributed by atoms with Gasteiger partial charge in [0.1, 0.15) is 0 Å². The Hall–Kier alpha value is -1.87. The number of nitrogens with one attached hydrogen (secondary N) is 1. The molecule has 0 atom stereocenters. The van der Waals surface area contributed by atoms with Gasteiger partial charge < -0.3 is 14.8 Å². The minimum absolute atomic E-state index is 0.376. The van der Waals surface area contributed by atoms with Gasteiger partial charge in [-0.05, 0) is 19.1 Å². The Kier molecular flexibility index (Phi) is 4.67. The number of likely N-dealkylation sites (N-methyl/N-ethyl adjacent to an activating group) is 2. The summed E-state index contributed by atoms with van der Waals surface area (Å²) < 4.78 is 29.4. The molecule has 0 spiro atoms. The Morgan fingerprint density at radius 3 is 2.53 bits per heavy atom. The number of carbonyl (C=O) groups is 2. The molecule has 0 saturated heterocycles. The SMILES string of the molecule is CCNC(=O)CN(C)S(=O)(=O)c1ccc(C(=O)O)o1. The lowest BCUT2D eigenvalue weighted by atomic mass is 10.5. The molecule has 1 amide bonds. The van der Waals surface area contributed by atoms with Gasteiger partial charge in [-0.3, -0.25) is 4.79 Å². The number of furan rings is 1. The normalized spacial score (nSPS) is 11.5. The van der Waals surface area contributed by atoms with Gasteiger partial charge in [0.05, 0.1) is 6.54 Å². The molecule has 1 heterocycles. The molecule has 0 saturated carbocycles. The van der Waals surface area contributed by atoms with Gasteiger partial charge in [-0.1, -0.05) is 0 Å². The van der Waals surface area contributed by atoms with Crippen molar-refractivity contribution in [1.29, 1.82) is 0 Å². The van der Waals surface area contributed by atoms with Crippen LogP contribution < -0.4 is 5.32 Å². The van der Waals surface area contributed by atoms with E-state index >= 15 is 0 Å². The van der Waals surface area contributed by atoms with E-state index in [1.54, 1.807) is 6.92 Å². The first kappa shape index (κ1) is 15.2. The fraction of sp³-hybridized carbons (Fsp3) is 0.400. The van der Waals surface area contributed by atoms with Crippen LogP contribution in [-0.4, -0.2) is 49.8 Å². The van der Waals surface area contributed by atoms with Crippen molar-refractivity contribution in [1.82, 2.24) is 9.62 Å². The molecule has 0 aliphatic rings. The zero-order valence-corrected chi connectivity index (χ0v) is 11.2. The van der Waals surface area contributed by atoms with E-state index in [2.05, 4.69) is 5.32 Å². The monoisotopic (exact) mass is 290 g/mol. The predicted octanol–water partition coefficient (Wildman–Crippen LogP) is -0.266. The Balaban J connectivity index is 2.90. The molecule has 0 aliphatic carbocycles. The zero-order valence-electron chi connectivity index (χ0n) is 10.4. The van der Waals surface area contributed by atoms with Crippen molar-refractivity contribution in [2.45, 2.75) is 12.0 Å². The number of amides is 1. The van der Waals surface area contributed by atoms with E-state index in [0.717, 1.165) is 16.4 Å². The lowest BCUT2D eigenvalue weighted by molar-refractivity contribution is -0.121. The molecular formula is C10H14N2O6S. The highest BCUT2D eigenvalue weighted by Crippen LogP contribution is 2.17. The summed E-state index contributed by atoms with van der Waals surface area (Å²) in [6, 6.07) is 2.07. The third-order valence-electron chi connectivity index (χ3n) is 2.20. The van der Waals surface area contributed by atoms with Gasteiger partial charge in [0.2, 0.25) is 16.8 Å². The third kappa shape index (κ3) is 3.55. The summed E-state index contributed by atoms with van der Waals surface area (Å²) in [6.45, 7) is 1.72. The lowest BCUT2D eigenvalue weighted by Gasteiger charge is -2.14. The predicted molar refractivity (Wildman–Crippen MR) is 64.2 cm³/mol. The topological polar surface area (TPSA) is 117 Å². The van der Waals surface area contributed by atoms with Crippen molar-refractivity contribution in [3.63, 3.8) is 0 Å². The summed E-state index contributed by atoms with van der Waals surface area (Å²) in [7, 11) is -2.82. The maximum Gasteiger partial charge on any atom is 0.371 e. The first-order valence-corrected chi connectivity index (χ1v) is 6.79. The first-order valence-electron chi connectivity index (χ1n) is 5.35. The van der Waals surface area contributed by atoms with Gasteiger partial charge in [-0.2, -0.15) is 4.31 Å². The molecule has 0 fully saturated rings. The van der Waals surface area contributed by atoms with E-state index in [9.17, 15) is 18.0 Å². The van der Waals surface area contributed by atoms with Crippen LogP contribution >= 0.6 is 0 Å². The van der Waals surface area contributed by atoms with Gasteiger partial charge >= 0.3 is 5.97 Å². The summed E-state index contributed by atoms with van der Waals surface area (Å²) in [5.74, 6) is -2.31. The molecule has 8 nitrogen and oxygen atoms in total. The molecule has 0 unspecified atom stereocenters. The number of rotatable bonds is 6. The van der Waals surface area contributed by atoms with Crippen LogP contribution in [0.1, 0.15) is 17.5 Å². The van der Waals surface area contributed by atoms with Crippen LogP contribution in [0.4, 0.5) is 0 Å². The molecule has 9 heteroatoms. The van der Waals surface area contributed by atoms with Crippen LogP contribution in [0, 0.1) is 0 Å². The number of sulfonamides is 1. The van der Waals surface area contributed by atoms with Crippen molar-refractivity contribution in [2.75, 3.05) is 20.1 Å². The zero-order chi connectivity index (χ0) is 14.6. The number of hydrogen-bond acceptors (Lipinski definition) is 5. The molecule has 1 aromatic rings. The second-order valence-electron chi connectivity index (χ2n) is 3.64. The van der Waals surface area contributed by atoms with E-state index in [1.807, 2.05) is 0 Å². The van der Waals surface area contributed by atoms with Crippen LogP contribution in [0.5, 0.6) is 0 Å². The fourth-order valence-electron chi connectivity index (χ4n) is 1.27. The summed E-state index contributed by atoms with van der Waals surface area (Å²) >= 11 is 0. The highest BCUT2D eigenvalue weighted by Gasteiger charge is 2.27. The minimum atomic E-state index is -4.02. The highest BCUT2D eigenvalue weighted by atomic mass is 32.2. The van der Waals surface area contributed by atoms with Crippen LogP contribution in [0.2, 0.25) is 0 Å². The lowest BCUT2D eigenvalue weighted by Crippen LogP contribution is -2.38. The van der Waals surface area contributed by atoms with Crippen LogP contribution in [-0.2, 0) is 14.8 Å². The van der Waals surface area contributed by atoms with Crippen LogP contribution in [0.3, 0.4) is 0 Å². The summed E-state index contributed by atoms with van der Waals surface area (Å²) in [5.41, 5.74) is 0. The van der Waals surface area contributed by atoms with Gasteiger partial charge in [-0.15, -0.1) is 0 Å².